The number of halogens is 2. The maximum Gasteiger partial charge on any atom is 0.343 e. The van der Waals surface area contributed by atoms with Gasteiger partial charge in [-0.15, -0.1) is 0 Å². The lowest BCUT2D eigenvalue weighted by Gasteiger charge is -2.20. The minimum absolute atomic E-state index is 0.140. The number of hydrogen-bond acceptors (Lipinski definition) is 6. The summed E-state index contributed by atoms with van der Waals surface area (Å²) in [6, 6.07) is 14.8. The Morgan fingerprint density at radius 2 is 2.00 bits per heavy atom. The van der Waals surface area contributed by atoms with E-state index in [9.17, 15) is 9.59 Å². The van der Waals surface area contributed by atoms with E-state index in [2.05, 4.69) is 15.9 Å². The van der Waals surface area contributed by atoms with Crippen molar-refractivity contribution in [1.82, 2.24) is 0 Å². The molecule has 2 aliphatic heterocycles. The molecule has 3 aromatic carbocycles. The van der Waals surface area contributed by atoms with Crippen molar-refractivity contribution in [3.63, 3.8) is 0 Å². The molecule has 0 spiro atoms. The fourth-order valence-corrected chi connectivity index (χ4v) is 4.18. The highest BCUT2D eigenvalue weighted by Crippen LogP contribution is 2.38. The highest BCUT2D eigenvalue weighted by molar-refractivity contribution is 9.10. The molecule has 0 saturated carbocycles. The first-order valence-electron chi connectivity index (χ1n) is 9.57. The first-order chi connectivity index (χ1) is 15.5. The standard InChI is InChI=1S/C24H14BrClO6/c25-16-6-14(23-15(7-16)11-29-12-30-23)9-21-22(27)19-5-4-18(10-20(19)32-21)31-24(28)13-2-1-3-17(26)8-13/h1-10H,11-12H2/b21-9-. The highest BCUT2D eigenvalue weighted by Gasteiger charge is 2.29. The van der Waals surface area contributed by atoms with E-state index in [1.165, 1.54) is 12.1 Å². The fraction of sp³-hybridized carbons (Fsp3) is 0.0833. The van der Waals surface area contributed by atoms with Gasteiger partial charge in [-0.05, 0) is 48.5 Å². The largest absolute Gasteiger partial charge is 0.467 e. The highest BCUT2D eigenvalue weighted by atomic mass is 79.9. The van der Waals surface area contributed by atoms with E-state index in [0.29, 0.717) is 39.8 Å². The van der Waals surface area contributed by atoms with Crippen LogP contribution in [0.5, 0.6) is 17.2 Å². The van der Waals surface area contributed by atoms with Gasteiger partial charge in [0, 0.05) is 26.7 Å². The molecule has 0 radical (unpaired) electrons. The number of ether oxygens (including phenoxy) is 4. The first kappa shape index (κ1) is 20.8. The second kappa shape index (κ2) is 8.43. The number of hydrogen-bond donors (Lipinski definition) is 0. The summed E-state index contributed by atoms with van der Waals surface area (Å²) in [4.78, 5) is 25.2. The number of rotatable bonds is 3. The Labute approximate surface area is 196 Å². The molecule has 160 valence electrons. The number of ketones is 1. The molecule has 5 rings (SSSR count). The molecular weight excluding hydrogens is 500 g/mol. The van der Waals surface area contributed by atoms with Crippen LogP contribution in [0.2, 0.25) is 5.02 Å². The van der Waals surface area contributed by atoms with E-state index in [1.807, 2.05) is 12.1 Å². The zero-order chi connectivity index (χ0) is 22.2. The van der Waals surface area contributed by atoms with Crippen LogP contribution in [0.25, 0.3) is 6.08 Å². The van der Waals surface area contributed by atoms with Crippen LogP contribution in [-0.2, 0) is 11.3 Å². The predicted octanol–water partition coefficient (Wildman–Crippen LogP) is 5.80. The van der Waals surface area contributed by atoms with Crippen molar-refractivity contribution < 1.29 is 28.5 Å². The lowest BCUT2D eigenvalue weighted by Crippen LogP contribution is -2.12. The van der Waals surface area contributed by atoms with Crippen LogP contribution >= 0.6 is 27.5 Å². The maximum absolute atomic E-state index is 12.9. The van der Waals surface area contributed by atoms with Gasteiger partial charge in [0.1, 0.15) is 17.2 Å². The molecule has 8 heteroatoms. The summed E-state index contributed by atoms with van der Waals surface area (Å²) in [7, 11) is 0. The van der Waals surface area contributed by atoms with E-state index < -0.39 is 5.97 Å². The van der Waals surface area contributed by atoms with Crippen LogP contribution in [0, 0.1) is 0 Å². The molecule has 0 saturated heterocycles. The second-order valence-corrected chi connectivity index (χ2v) is 8.44. The Hall–Kier alpha value is -3.13. The molecule has 0 atom stereocenters. The molecule has 0 N–H and O–H groups in total. The summed E-state index contributed by atoms with van der Waals surface area (Å²) < 4.78 is 23.0. The number of benzene rings is 3. The molecule has 0 unspecified atom stereocenters. The summed E-state index contributed by atoms with van der Waals surface area (Å²) in [5.41, 5.74) is 2.27. The van der Waals surface area contributed by atoms with Gasteiger partial charge in [-0.3, -0.25) is 4.79 Å². The van der Waals surface area contributed by atoms with Gasteiger partial charge < -0.3 is 18.9 Å². The molecule has 2 heterocycles. The van der Waals surface area contributed by atoms with Crippen LogP contribution in [0.1, 0.15) is 31.8 Å². The Kier molecular flexibility index (Phi) is 5.46. The van der Waals surface area contributed by atoms with Crippen LogP contribution < -0.4 is 14.2 Å². The van der Waals surface area contributed by atoms with Crippen molar-refractivity contribution in [1.29, 1.82) is 0 Å². The summed E-state index contributed by atoms with van der Waals surface area (Å²) in [5, 5.41) is 0.433. The van der Waals surface area contributed by atoms with E-state index in [0.717, 1.165) is 10.0 Å². The maximum atomic E-state index is 12.9. The van der Waals surface area contributed by atoms with Crippen molar-refractivity contribution in [2.24, 2.45) is 0 Å². The molecule has 3 aromatic rings. The predicted molar refractivity (Wildman–Crippen MR) is 120 cm³/mol. The molecule has 0 aliphatic carbocycles. The van der Waals surface area contributed by atoms with Crippen LogP contribution in [-0.4, -0.2) is 18.5 Å². The van der Waals surface area contributed by atoms with Gasteiger partial charge >= 0.3 is 5.97 Å². The summed E-state index contributed by atoms with van der Waals surface area (Å²) >= 11 is 9.40. The summed E-state index contributed by atoms with van der Waals surface area (Å²) in [6.07, 6.45) is 1.63. The lowest BCUT2D eigenvalue weighted by atomic mass is 10.1. The number of carbonyl (C=O) groups is 2. The van der Waals surface area contributed by atoms with Gasteiger partial charge in [0.2, 0.25) is 5.78 Å². The molecule has 0 fully saturated rings. The third kappa shape index (κ3) is 4.02. The van der Waals surface area contributed by atoms with Crippen molar-refractivity contribution in [3.05, 3.63) is 92.1 Å². The van der Waals surface area contributed by atoms with E-state index in [4.69, 9.17) is 30.5 Å². The lowest BCUT2D eigenvalue weighted by molar-refractivity contribution is -0.0165. The number of Topliss-reactive ketones (excluding diaryl/α,β-unsaturated/α-hetero) is 1. The van der Waals surface area contributed by atoms with E-state index in [-0.39, 0.29) is 24.1 Å². The van der Waals surface area contributed by atoms with E-state index >= 15 is 0 Å². The van der Waals surface area contributed by atoms with E-state index in [1.54, 1.807) is 36.4 Å². The van der Waals surface area contributed by atoms with Gasteiger partial charge in [0.05, 0.1) is 17.7 Å². The minimum Gasteiger partial charge on any atom is -0.467 e. The van der Waals surface area contributed by atoms with Crippen molar-refractivity contribution in [2.45, 2.75) is 6.61 Å². The van der Waals surface area contributed by atoms with Gasteiger partial charge in [-0.25, -0.2) is 4.79 Å². The number of esters is 1. The first-order valence-corrected chi connectivity index (χ1v) is 10.7. The quantitative estimate of drug-likeness (QED) is 0.250. The number of allylic oxidation sites excluding steroid dienone is 1. The minimum atomic E-state index is -0.562. The molecule has 2 aliphatic rings. The smallest absolute Gasteiger partial charge is 0.343 e. The Bertz CT molecular complexity index is 1300. The van der Waals surface area contributed by atoms with Crippen molar-refractivity contribution in [3.8, 4) is 17.2 Å². The Balaban J connectivity index is 1.41. The van der Waals surface area contributed by atoms with Crippen LogP contribution in [0.15, 0.2) is 64.8 Å². The third-order valence-corrected chi connectivity index (χ3v) is 5.60. The van der Waals surface area contributed by atoms with Gasteiger partial charge in [-0.2, -0.15) is 0 Å². The van der Waals surface area contributed by atoms with Crippen molar-refractivity contribution >= 4 is 45.4 Å². The average molecular weight is 514 g/mol. The SMILES string of the molecule is O=C(Oc1ccc2c(c1)O/C(=C\c1cc(Br)cc3c1OCOC3)C2=O)c1cccc(Cl)c1. The number of fused-ring (bicyclic) bond motifs is 2. The average Bonchev–Trinajstić information content (AvgIpc) is 3.08. The van der Waals surface area contributed by atoms with Gasteiger partial charge in [0.25, 0.3) is 0 Å². The second-order valence-electron chi connectivity index (χ2n) is 7.09. The van der Waals surface area contributed by atoms with Crippen LogP contribution in [0.3, 0.4) is 0 Å². The molecule has 0 bridgehead atoms. The molecule has 6 nitrogen and oxygen atoms in total. The molecular formula is C24H14BrClO6. The van der Waals surface area contributed by atoms with Gasteiger partial charge in [-0.1, -0.05) is 33.6 Å². The molecule has 0 amide bonds. The molecule has 0 aromatic heterocycles. The number of carbonyl (C=O) groups excluding carboxylic acids is 2. The normalized spacial score (nSPS) is 15.6. The fourth-order valence-electron chi connectivity index (χ4n) is 3.47. The van der Waals surface area contributed by atoms with Crippen molar-refractivity contribution in [2.75, 3.05) is 6.79 Å². The topological polar surface area (TPSA) is 71.1 Å². The van der Waals surface area contributed by atoms with Crippen LogP contribution in [0.4, 0.5) is 0 Å². The summed E-state index contributed by atoms with van der Waals surface area (Å²) in [6.45, 7) is 0.558. The molecule has 32 heavy (non-hydrogen) atoms. The Morgan fingerprint density at radius 3 is 2.84 bits per heavy atom. The zero-order valence-electron chi connectivity index (χ0n) is 16.4. The summed E-state index contributed by atoms with van der Waals surface area (Å²) in [5.74, 6) is 0.527. The third-order valence-electron chi connectivity index (χ3n) is 4.90. The zero-order valence-corrected chi connectivity index (χ0v) is 18.7. The Morgan fingerprint density at radius 1 is 1.12 bits per heavy atom. The van der Waals surface area contributed by atoms with Gasteiger partial charge in [0.15, 0.2) is 12.6 Å². The monoisotopic (exact) mass is 512 g/mol.